The van der Waals surface area contributed by atoms with Gasteiger partial charge in [0, 0.05) is 18.3 Å². The molecule has 0 aliphatic carbocycles. The molecule has 0 atom stereocenters. The van der Waals surface area contributed by atoms with E-state index in [2.05, 4.69) is 5.32 Å². The van der Waals surface area contributed by atoms with Gasteiger partial charge in [0.1, 0.15) is 0 Å². The second kappa shape index (κ2) is 6.23. The summed E-state index contributed by atoms with van der Waals surface area (Å²) in [6, 6.07) is 2.68. The molecule has 100 valence electrons. The van der Waals surface area contributed by atoms with Crippen LogP contribution in [0.25, 0.3) is 0 Å². The molecule has 0 aromatic heterocycles. The lowest BCUT2D eigenvalue weighted by molar-refractivity contribution is -0.123. The highest BCUT2D eigenvalue weighted by atomic mass is 19.1. The van der Waals surface area contributed by atoms with E-state index < -0.39 is 5.82 Å². The fourth-order valence-electron chi connectivity index (χ4n) is 1.29. The number of nitrogens with two attached hydrogens (primary N) is 1. The summed E-state index contributed by atoms with van der Waals surface area (Å²) < 4.78 is 18.6. The average Bonchev–Trinajstić information content (AvgIpc) is 2.29. The summed E-state index contributed by atoms with van der Waals surface area (Å²) >= 11 is 0. The van der Waals surface area contributed by atoms with Crippen LogP contribution in [0, 0.1) is 18.7 Å². The highest BCUT2D eigenvalue weighted by molar-refractivity contribution is 5.77. The molecule has 0 saturated heterocycles. The molecule has 0 aliphatic heterocycles. The van der Waals surface area contributed by atoms with Crippen molar-refractivity contribution in [2.24, 2.45) is 5.92 Å². The molecule has 0 spiro atoms. The van der Waals surface area contributed by atoms with Gasteiger partial charge in [-0.2, -0.15) is 0 Å². The van der Waals surface area contributed by atoms with Crippen LogP contribution in [0.3, 0.4) is 0 Å². The Morgan fingerprint density at radius 2 is 2.17 bits per heavy atom. The van der Waals surface area contributed by atoms with Gasteiger partial charge in [0.25, 0.3) is 5.91 Å². The second-order valence-corrected chi connectivity index (χ2v) is 4.63. The molecular weight excluding hydrogens is 235 g/mol. The van der Waals surface area contributed by atoms with Gasteiger partial charge in [-0.25, -0.2) is 4.39 Å². The molecule has 3 N–H and O–H groups in total. The number of nitrogens with one attached hydrogen (secondary N) is 1. The van der Waals surface area contributed by atoms with E-state index in [9.17, 15) is 9.18 Å². The molecule has 0 heterocycles. The molecule has 0 aliphatic rings. The summed E-state index contributed by atoms with van der Waals surface area (Å²) in [7, 11) is 0. The number of carbonyl (C=O) groups is 1. The predicted octanol–water partition coefficient (Wildman–Crippen LogP) is 1.87. The minimum absolute atomic E-state index is 0.0430. The number of ether oxygens (including phenoxy) is 1. The fraction of sp³-hybridized carbons (Fsp3) is 0.462. The molecule has 1 aromatic rings. The molecule has 0 saturated carbocycles. The molecule has 0 fully saturated rings. The van der Waals surface area contributed by atoms with Crippen molar-refractivity contribution < 1.29 is 13.9 Å². The van der Waals surface area contributed by atoms with Crippen molar-refractivity contribution in [3.63, 3.8) is 0 Å². The van der Waals surface area contributed by atoms with Crippen LogP contribution in [0.1, 0.15) is 19.4 Å². The van der Waals surface area contributed by atoms with Crippen LogP contribution in [0.2, 0.25) is 0 Å². The standard InChI is InChI=1S/C13H19FN2O2/c1-8(2)6-16-13(17)7-18-12-4-9(3)11(15)5-10(12)14/h4-5,8H,6-7,15H2,1-3H3,(H,16,17). The first-order chi connectivity index (χ1) is 8.40. The Hall–Kier alpha value is -1.78. The van der Waals surface area contributed by atoms with Gasteiger partial charge in [0.2, 0.25) is 0 Å². The first kappa shape index (κ1) is 14.3. The zero-order chi connectivity index (χ0) is 13.7. The van der Waals surface area contributed by atoms with Crippen LogP contribution < -0.4 is 15.8 Å². The van der Waals surface area contributed by atoms with Gasteiger partial charge in [0.05, 0.1) is 0 Å². The van der Waals surface area contributed by atoms with E-state index in [0.29, 0.717) is 23.7 Å². The number of anilines is 1. The molecule has 5 heteroatoms. The first-order valence-electron chi connectivity index (χ1n) is 5.85. The minimum Gasteiger partial charge on any atom is -0.481 e. The lowest BCUT2D eigenvalue weighted by Gasteiger charge is -2.11. The Kier molecular flexibility index (Phi) is 4.95. The molecule has 1 rings (SSSR count). The van der Waals surface area contributed by atoms with E-state index in [1.165, 1.54) is 12.1 Å². The third kappa shape index (κ3) is 4.24. The maximum absolute atomic E-state index is 13.5. The Morgan fingerprint density at radius 1 is 1.50 bits per heavy atom. The minimum atomic E-state index is -0.560. The van der Waals surface area contributed by atoms with Crippen LogP contribution in [0.5, 0.6) is 5.75 Å². The predicted molar refractivity (Wildman–Crippen MR) is 68.9 cm³/mol. The summed E-state index contributed by atoms with van der Waals surface area (Å²) in [5.41, 5.74) is 6.63. The quantitative estimate of drug-likeness (QED) is 0.788. The van der Waals surface area contributed by atoms with E-state index in [1.54, 1.807) is 6.92 Å². The van der Waals surface area contributed by atoms with E-state index in [4.69, 9.17) is 10.5 Å². The van der Waals surface area contributed by atoms with Crippen molar-refractivity contribution in [1.29, 1.82) is 0 Å². The maximum atomic E-state index is 13.5. The van der Waals surface area contributed by atoms with Crippen molar-refractivity contribution in [2.75, 3.05) is 18.9 Å². The van der Waals surface area contributed by atoms with Gasteiger partial charge in [-0.1, -0.05) is 13.8 Å². The van der Waals surface area contributed by atoms with Crippen molar-refractivity contribution in [2.45, 2.75) is 20.8 Å². The Bertz CT molecular complexity index is 433. The fourth-order valence-corrected chi connectivity index (χ4v) is 1.29. The van der Waals surface area contributed by atoms with Crippen LogP contribution in [-0.2, 0) is 4.79 Å². The van der Waals surface area contributed by atoms with Gasteiger partial charge in [-0.3, -0.25) is 4.79 Å². The van der Waals surface area contributed by atoms with Crippen molar-refractivity contribution in [3.05, 3.63) is 23.5 Å². The third-order valence-corrected chi connectivity index (χ3v) is 2.39. The number of carbonyl (C=O) groups excluding carboxylic acids is 1. The number of amides is 1. The third-order valence-electron chi connectivity index (χ3n) is 2.39. The zero-order valence-corrected chi connectivity index (χ0v) is 10.9. The Labute approximate surface area is 106 Å². The van der Waals surface area contributed by atoms with Gasteiger partial charge in [0.15, 0.2) is 18.2 Å². The van der Waals surface area contributed by atoms with E-state index in [1.807, 2.05) is 13.8 Å². The highest BCUT2D eigenvalue weighted by Gasteiger charge is 2.09. The topological polar surface area (TPSA) is 64.3 Å². The van der Waals surface area contributed by atoms with Gasteiger partial charge in [-0.05, 0) is 24.5 Å². The van der Waals surface area contributed by atoms with Gasteiger partial charge in [-0.15, -0.1) is 0 Å². The highest BCUT2D eigenvalue weighted by Crippen LogP contribution is 2.23. The number of rotatable bonds is 5. The summed E-state index contributed by atoms with van der Waals surface area (Å²) in [4.78, 5) is 11.4. The van der Waals surface area contributed by atoms with Crippen molar-refractivity contribution in [3.8, 4) is 5.75 Å². The summed E-state index contributed by atoms with van der Waals surface area (Å²) in [6.45, 7) is 6.10. The smallest absolute Gasteiger partial charge is 0.257 e. The van der Waals surface area contributed by atoms with Crippen molar-refractivity contribution in [1.82, 2.24) is 5.32 Å². The van der Waals surface area contributed by atoms with E-state index in [0.717, 1.165) is 0 Å². The van der Waals surface area contributed by atoms with Crippen LogP contribution >= 0.6 is 0 Å². The summed E-state index contributed by atoms with van der Waals surface area (Å²) in [5, 5.41) is 2.69. The lowest BCUT2D eigenvalue weighted by Crippen LogP contribution is -2.31. The second-order valence-electron chi connectivity index (χ2n) is 4.63. The van der Waals surface area contributed by atoms with Gasteiger partial charge >= 0.3 is 0 Å². The molecular formula is C13H19FN2O2. The van der Waals surface area contributed by atoms with E-state index in [-0.39, 0.29) is 18.3 Å². The molecule has 4 nitrogen and oxygen atoms in total. The molecule has 0 bridgehead atoms. The number of hydrogen-bond acceptors (Lipinski definition) is 3. The maximum Gasteiger partial charge on any atom is 0.257 e. The van der Waals surface area contributed by atoms with Crippen molar-refractivity contribution >= 4 is 11.6 Å². The average molecular weight is 254 g/mol. The molecule has 0 radical (unpaired) electrons. The number of hydrogen-bond donors (Lipinski definition) is 2. The molecule has 1 amide bonds. The van der Waals surface area contributed by atoms with E-state index >= 15 is 0 Å². The lowest BCUT2D eigenvalue weighted by atomic mass is 10.2. The Balaban J connectivity index is 2.53. The zero-order valence-electron chi connectivity index (χ0n) is 10.9. The summed E-state index contributed by atoms with van der Waals surface area (Å²) in [5.74, 6) is -0.418. The molecule has 0 unspecified atom stereocenters. The largest absolute Gasteiger partial charge is 0.481 e. The number of benzene rings is 1. The SMILES string of the molecule is Cc1cc(OCC(=O)NCC(C)C)c(F)cc1N. The van der Waals surface area contributed by atoms with Crippen LogP contribution in [0.4, 0.5) is 10.1 Å². The molecule has 18 heavy (non-hydrogen) atoms. The summed E-state index contributed by atoms with van der Waals surface area (Å²) in [6.07, 6.45) is 0. The number of nitrogen functional groups attached to an aromatic ring is 1. The monoisotopic (exact) mass is 254 g/mol. The van der Waals surface area contributed by atoms with Crippen LogP contribution in [-0.4, -0.2) is 19.1 Å². The molecule has 1 aromatic carbocycles. The number of aryl methyl sites for hydroxylation is 1. The van der Waals surface area contributed by atoms with Gasteiger partial charge < -0.3 is 15.8 Å². The Morgan fingerprint density at radius 3 is 2.78 bits per heavy atom. The van der Waals surface area contributed by atoms with Crippen LogP contribution in [0.15, 0.2) is 12.1 Å². The number of halogens is 1. The normalized spacial score (nSPS) is 10.5. The first-order valence-corrected chi connectivity index (χ1v) is 5.85.